The molecule has 0 bridgehead atoms. The van der Waals surface area contributed by atoms with Gasteiger partial charge in [0, 0.05) is 4.90 Å². The molecule has 5 nitrogen and oxygen atoms in total. The predicted octanol–water partition coefficient (Wildman–Crippen LogP) is 2.34. The maximum absolute atomic E-state index is 13.2. The molecule has 2 aromatic rings. The normalized spacial score (nSPS) is 9.89. The summed E-state index contributed by atoms with van der Waals surface area (Å²) in [5, 5.41) is 17.9. The Morgan fingerprint density at radius 1 is 1.37 bits per heavy atom. The molecular weight excluding hydrogens is 269 g/mol. The lowest BCUT2D eigenvalue weighted by Gasteiger charge is -2.03. The molecule has 19 heavy (non-hydrogen) atoms. The van der Waals surface area contributed by atoms with Crippen molar-refractivity contribution in [2.24, 2.45) is 0 Å². The van der Waals surface area contributed by atoms with Crippen LogP contribution in [0.1, 0.15) is 16.1 Å². The van der Waals surface area contributed by atoms with Crippen LogP contribution in [-0.2, 0) is 0 Å². The van der Waals surface area contributed by atoms with E-state index in [4.69, 9.17) is 10.4 Å². The molecule has 1 N–H and O–H groups in total. The molecule has 0 aliphatic carbocycles. The van der Waals surface area contributed by atoms with E-state index in [1.54, 1.807) is 0 Å². The number of benzene rings is 1. The van der Waals surface area contributed by atoms with Crippen LogP contribution >= 0.6 is 11.8 Å². The second-order valence-corrected chi connectivity index (χ2v) is 4.49. The predicted molar refractivity (Wildman–Crippen MR) is 64.2 cm³/mol. The van der Waals surface area contributed by atoms with Gasteiger partial charge in [0.1, 0.15) is 16.9 Å². The smallest absolute Gasteiger partial charge is 0.338 e. The van der Waals surface area contributed by atoms with Crippen molar-refractivity contribution in [2.45, 2.75) is 9.92 Å². The minimum Gasteiger partial charge on any atom is -0.478 e. The molecule has 94 valence electrons. The van der Waals surface area contributed by atoms with Gasteiger partial charge < -0.3 is 5.11 Å². The van der Waals surface area contributed by atoms with Crippen molar-refractivity contribution in [3.8, 4) is 6.07 Å². The van der Waals surface area contributed by atoms with Crippen molar-refractivity contribution < 1.29 is 14.3 Å². The van der Waals surface area contributed by atoms with Crippen LogP contribution in [0.15, 0.2) is 40.5 Å². The van der Waals surface area contributed by atoms with Gasteiger partial charge in [-0.2, -0.15) is 5.26 Å². The Balaban J connectivity index is 2.25. The molecule has 0 radical (unpaired) electrons. The van der Waals surface area contributed by atoms with Crippen molar-refractivity contribution in [1.82, 2.24) is 9.97 Å². The number of hydrogen-bond acceptors (Lipinski definition) is 5. The number of aromatic nitrogens is 2. The van der Waals surface area contributed by atoms with E-state index in [1.807, 2.05) is 6.07 Å². The molecule has 0 amide bonds. The fourth-order valence-corrected chi connectivity index (χ4v) is 2.04. The van der Waals surface area contributed by atoms with E-state index < -0.39 is 17.3 Å². The van der Waals surface area contributed by atoms with Gasteiger partial charge in [-0.3, -0.25) is 0 Å². The summed E-state index contributed by atoms with van der Waals surface area (Å²) in [6.45, 7) is 0. The van der Waals surface area contributed by atoms with Crippen LogP contribution in [0, 0.1) is 17.1 Å². The summed E-state index contributed by atoms with van der Waals surface area (Å²) < 4.78 is 13.2. The van der Waals surface area contributed by atoms with E-state index in [-0.39, 0.29) is 5.69 Å². The zero-order chi connectivity index (χ0) is 13.8. The zero-order valence-corrected chi connectivity index (χ0v) is 10.2. The van der Waals surface area contributed by atoms with E-state index in [0.717, 1.165) is 17.8 Å². The van der Waals surface area contributed by atoms with Crippen molar-refractivity contribution in [3.63, 3.8) is 0 Å². The molecule has 1 aromatic carbocycles. The standard InChI is InChI=1S/C12H6FN3O2S/c13-10-2-1-8(3-9(10)12(17)18)19-11-6-15-7(4-14)5-16-11/h1-3,5-6H,(H,17,18). The highest BCUT2D eigenvalue weighted by Gasteiger charge is 2.11. The zero-order valence-electron chi connectivity index (χ0n) is 9.37. The maximum Gasteiger partial charge on any atom is 0.338 e. The van der Waals surface area contributed by atoms with Gasteiger partial charge in [0.2, 0.25) is 0 Å². The van der Waals surface area contributed by atoms with Crippen LogP contribution in [0.2, 0.25) is 0 Å². The molecule has 0 saturated carbocycles. The average molecular weight is 275 g/mol. The van der Waals surface area contributed by atoms with Gasteiger partial charge in [-0.25, -0.2) is 19.2 Å². The third kappa shape index (κ3) is 3.05. The summed E-state index contributed by atoms with van der Waals surface area (Å²) in [7, 11) is 0. The first-order valence-electron chi connectivity index (χ1n) is 5.03. The highest BCUT2D eigenvalue weighted by atomic mass is 32.2. The van der Waals surface area contributed by atoms with Gasteiger partial charge in [-0.15, -0.1) is 0 Å². The fourth-order valence-electron chi connectivity index (χ4n) is 1.28. The lowest BCUT2D eigenvalue weighted by atomic mass is 10.2. The first-order valence-corrected chi connectivity index (χ1v) is 5.84. The first kappa shape index (κ1) is 13.0. The van der Waals surface area contributed by atoms with Crippen LogP contribution in [-0.4, -0.2) is 21.0 Å². The monoisotopic (exact) mass is 275 g/mol. The minimum absolute atomic E-state index is 0.190. The highest BCUT2D eigenvalue weighted by molar-refractivity contribution is 7.99. The van der Waals surface area contributed by atoms with E-state index in [0.29, 0.717) is 9.92 Å². The molecule has 0 spiro atoms. The minimum atomic E-state index is -1.33. The Bertz CT molecular complexity index is 668. The molecule has 1 aromatic heterocycles. The third-order valence-electron chi connectivity index (χ3n) is 2.13. The van der Waals surface area contributed by atoms with Gasteiger partial charge in [0.15, 0.2) is 5.69 Å². The van der Waals surface area contributed by atoms with E-state index >= 15 is 0 Å². The van der Waals surface area contributed by atoms with E-state index in [9.17, 15) is 9.18 Å². The van der Waals surface area contributed by atoms with E-state index in [1.165, 1.54) is 24.5 Å². The summed E-state index contributed by atoms with van der Waals surface area (Å²) in [5.41, 5.74) is -0.207. The number of carboxylic acids is 1. The van der Waals surface area contributed by atoms with Crippen molar-refractivity contribution in [2.75, 3.05) is 0 Å². The number of nitrogens with zero attached hydrogens (tertiary/aromatic N) is 3. The van der Waals surface area contributed by atoms with Gasteiger partial charge in [0.05, 0.1) is 18.0 Å². The summed E-state index contributed by atoms with van der Waals surface area (Å²) in [6, 6.07) is 5.60. The van der Waals surface area contributed by atoms with Crippen molar-refractivity contribution in [1.29, 1.82) is 5.26 Å². The largest absolute Gasteiger partial charge is 0.478 e. The Hall–Kier alpha value is -2.46. The van der Waals surface area contributed by atoms with Crippen LogP contribution < -0.4 is 0 Å². The Kier molecular flexibility index (Phi) is 3.73. The second kappa shape index (κ2) is 5.46. The third-order valence-corrected chi connectivity index (χ3v) is 3.04. The average Bonchev–Trinajstić information content (AvgIpc) is 2.41. The number of aromatic carboxylic acids is 1. The Morgan fingerprint density at radius 3 is 2.74 bits per heavy atom. The lowest BCUT2D eigenvalue weighted by molar-refractivity contribution is 0.0691. The van der Waals surface area contributed by atoms with Gasteiger partial charge in [-0.1, -0.05) is 11.8 Å². The molecule has 7 heteroatoms. The number of carbonyl (C=O) groups is 1. The summed E-state index contributed by atoms with van der Waals surface area (Å²) in [4.78, 5) is 19.1. The SMILES string of the molecule is N#Cc1cnc(Sc2ccc(F)c(C(=O)O)c2)cn1. The van der Waals surface area contributed by atoms with Gasteiger partial charge in [-0.05, 0) is 18.2 Å². The Labute approximate surface area is 111 Å². The topological polar surface area (TPSA) is 86.9 Å². The number of rotatable bonds is 3. The summed E-state index contributed by atoms with van der Waals surface area (Å²) >= 11 is 1.13. The fraction of sp³-hybridized carbons (Fsp3) is 0. The Morgan fingerprint density at radius 2 is 2.16 bits per heavy atom. The summed E-state index contributed by atoms with van der Waals surface area (Å²) in [6.07, 6.45) is 2.71. The molecule has 0 aliphatic rings. The second-order valence-electron chi connectivity index (χ2n) is 3.40. The number of halogens is 1. The quantitative estimate of drug-likeness (QED) is 0.925. The lowest BCUT2D eigenvalue weighted by Crippen LogP contribution is -2.00. The number of hydrogen-bond donors (Lipinski definition) is 1. The molecule has 0 unspecified atom stereocenters. The van der Waals surface area contributed by atoms with Crippen molar-refractivity contribution >= 4 is 17.7 Å². The van der Waals surface area contributed by atoms with Crippen LogP contribution in [0.3, 0.4) is 0 Å². The molecule has 0 aliphatic heterocycles. The molecule has 0 atom stereocenters. The number of nitriles is 1. The van der Waals surface area contributed by atoms with E-state index in [2.05, 4.69) is 9.97 Å². The maximum atomic E-state index is 13.2. The molecule has 1 heterocycles. The molecular formula is C12H6FN3O2S. The molecule has 2 rings (SSSR count). The molecule has 0 saturated heterocycles. The van der Waals surface area contributed by atoms with Crippen LogP contribution in [0.4, 0.5) is 4.39 Å². The number of carboxylic acid groups (broad SMARTS) is 1. The van der Waals surface area contributed by atoms with Gasteiger partial charge in [0.25, 0.3) is 0 Å². The van der Waals surface area contributed by atoms with Crippen molar-refractivity contribution in [3.05, 3.63) is 47.7 Å². The van der Waals surface area contributed by atoms with Gasteiger partial charge >= 0.3 is 5.97 Å². The first-order chi connectivity index (χ1) is 9.10. The molecule has 0 fully saturated rings. The summed E-state index contributed by atoms with van der Waals surface area (Å²) in [5.74, 6) is -2.12. The highest BCUT2D eigenvalue weighted by Crippen LogP contribution is 2.27. The van der Waals surface area contributed by atoms with Crippen LogP contribution in [0.25, 0.3) is 0 Å². The van der Waals surface area contributed by atoms with Crippen LogP contribution in [0.5, 0.6) is 0 Å².